The number of aliphatic carboxylic acids is 1. The third kappa shape index (κ3) is 5.54. The normalized spacial score (nSPS) is 11.1. The molecule has 1 aromatic rings. The summed E-state index contributed by atoms with van der Waals surface area (Å²) in [5.74, 6) is -0.405. The van der Waals surface area contributed by atoms with E-state index in [1.54, 1.807) is 24.3 Å². The van der Waals surface area contributed by atoms with Crippen LogP contribution in [0.15, 0.2) is 29.4 Å². The molecule has 98 valence electrons. The van der Waals surface area contributed by atoms with Crippen LogP contribution in [0.1, 0.15) is 13.3 Å². The summed E-state index contributed by atoms with van der Waals surface area (Å²) in [6, 6.07) is 7.09. The zero-order valence-corrected chi connectivity index (χ0v) is 10.7. The summed E-state index contributed by atoms with van der Waals surface area (Å²) in [6.07, 6.45) is 0.600. The summed E-state index contributed by atoms with van der Waals surface area (Å²) in [4.78, 5) is 15.2. The molecule has 0 unspecified atom stereocenters. The predicted molar refractivity (Wildman–Crippen MR) is 68.3 cm³/mol. The summed E-state index contributed by atoms with van der Waals surface area (Å²) in [7, 11) is 0. The largest absolute Gasteiger partial charge is 0.493 e. The molecule has 0 heterocycles. The van der Waals surface area contributed by atoms with E-state index in [2.05, 4.69) is 5.16 Å². The minimum absolute atomic E-state index is 0.0780. The molecule has 0 amide bonds. The number of hydrogen-bond acceptors (Lipinski definition) is 4. The number of carboxylic acid groups (broad SMARTS) is 1. The number of ether oxygens (including phenoxy) is 1. The fraction of sp³-hybridized carbons (Fsp3) is 0.333. The summed E-state index contributed by atoms with van der Waals surface area (Å²) in [5, 5.41) is 12.6. The first-order valence-electron chi connectivity index (χ1n) is 5.38. The van der Waals surface area contributed by atoms with Gasteiger partial charge in [0.15, 0.2) is 5.71 Å². The van der Waals surface area contributed by atoms with Gasteiger partial charge in [0.25, 0.3) is 0 Å². The molecule has 6 heteroatoms. The van der Waals surface area contributed by atoms with E-state index in [-0.39, 0.29) is 5.71 Å². The Morgan fingerprint density at radius 1 is 1.44 bits per heavy atom. The third-order valence-corrected chi connectivity index (χ3v) is 2.19. The minimum Gasteiger partial charge on any atom is -0.493 e. The maximum Gasteiger partial charge on any atom is 0.353 e. The Morgan fingerprint density at radius 2 is 2.22 bits per heavy atom. The Kier molecular flexibility index (Phi) is 6.00. The third-order valence-electron chi connectivity index (χ3n) is 1.96. The van der Waals surface area contributed by atoms with E-state index in [9.17, 15) is 4.79 Å². The molecule has 0 fully saturated rings. The summed E-state index contributed by atoms with van der Waals surface area (Å²) in [6.45, 7) is 2.11. The van der Waals surface area contributed by atoms with Crippen molar-refractivity contribution in [2.75, 3.05) is 13.2 Å². The van der Waals surface area contributed by atoms with E-state index >= 15 is 0 Å². The van der Waals surface area contributed by atoms with E-state index in [0.717, 1.165) is 0 Å². The lowest BCUT2D eigenvalue weighted by atomic mass is 10.3. The van der Waals surface area contributed by atoms with Gasteiger partial charge in [-0.1, -0.05) is 22.8 Å². The second-order valence-corrected chi connectivity index (χ2v) is 3.91. The SMILES string of the molecule is CC(=NOCCCOc1cccc(Cl)c1)C(=O)O. The van der Waals surface area contributed by atoms with Gasteiger partial charge in [-0.2, -0.15) is 0 Å². The monoisotopic (exact) mass is 271 g/mol. The van der Waals surface area contributed by atoms with Crippen molar-refractivity contribution >= 4 is 23.3 Å². The van der Waals surface area contributed by atoms with E-state index < -0.39 is 5.97 Å². The first-order chi connectivity index (χ1) is 8.59. The molecule has 0 spiro atoms. The molecule has 18 heavy (non-hydrogen) atoms. The second kappa shape index (κ2) is 7.55. The number of rotatable bonds is 7. The topological polar surface area (TPSA) is 68.1 Å². The van der Waals surface area contributed by atoms with Gasteiger partial charge < -0.3 is 14.7 Å². The van der Waals surface area contributed by atoms with Gasteiger partial charge in [-0.3, -0.25) is 0 Å². The average Bonchev–Trinajstić information content (AvgIpc) is 2.33. The van der Waals surface area contributed by atoms with Gasteiger partial charge in [-0.15, -0.1) is 0 Å². The van der Waals surface area contributed by atoms with Crippen LogP contribution in [0.3, 0.4) is 0 Å². The number of carboxylic acids is 1. The smallest absolute Gasteiger partial charge is 0.353 e. The molecule has 1 aromatic carbocycles. The molecule has 0 saturated heterocycles. The highest BCUT2D eigenvalue weighted by atomic mass is 35.5. The fourth-order valence-electron chi connectivity index (χ4n) is 1.05. The van der Waals surface area contributed by atoms with Gasteiger partial charge in [0.05, 0.1) is 6.61 Å². The Morgan fingerprint density at radius 3 is 2.89 bits per heavy atom. The summed E-state index contributed by atoms with van der Waals surface area (Å²) in [5.41, 5.74) is -0.0780. The lowest BCUT2D eigenvalue weighted by Crippen LogP contribution is -2.09. The number of oxime groups is 1. The standard InChI is InChI=1S/C12H14ClNO4/c1-9(12(15)16)14-18-7-3-6-17-11-5-2-4-10(13)8-11/h2,4-5,8H,3,6-7H2,1H3,(H,15,16). The van der Waals surface area contributed by atoms with E-state index in [0.29, 0.717) is 30.4 Å². The van der Waals surface area contributed by atoms with Crippen molar-refractivity contribution in [2.24, 2.45) is 5.16 Å². The van der Waals surface area contributed by atoms with Crippen molar-refractivity contribution in [3.05, 3.63) is 29.3 Å². The van der Waals surface area contributed by atoms with Crippen LogP contribution in [0.4, 0.5) is 0 Å². The summed E-state index contributed by atoms with van der Waals surface area (Å²) >= 11 is 5.79. The molecular weight excluding hydrogens is 258 g/mol. The van der Waals surface area contributed by atoms with Crippen molar-refractivity contribution in [1.82, 2.24) is 0 Å². The van der Waals surface area contributed by atoms with Crippen LogP contribution in [0, 0.1) is 0 Å². The molecule has 5 nitrogen and oxygen atoms in total. The molecule has 1 N–H and O–H groups in total. The van der Waals surface area contributed by atoms with Gasteiger partial charge in [-0.05, 0) is 25.1 Å². The highest BCUT2D eigenvalue weighted by molar-refractivity contribution is 6.34. The van der Waals surface area contributed by atoms with Crippen LogP contribution in [0.2, 0.25) is 5.02 Å². The number of benzene rings is 1. The van der Waals surface area contributed by atoms with Gasteiger partial charge in [0.2, 0.25) is 0 Å². The van der Waals surface area contributed by atoms with Crippen LogP contribution in [0.5, 0.6) is 5.75 Å². The minimum atomic E-state index is -1.09. The van der Waals surface area contributed by atoms with E-state index in [1.165, 1.54) is 6.92 Å². The van der Waals surface area contributed by atoms with Crippen LogP contribution in [0.25, 0.3) is 0 Å². The van der Waals surface area contributed by atoms with Crippen molar-refractivity contribution in [1.29, 1.82) is 0 Å². The maximum atomic E-state index is 10.4. The Hall–Kier alpha value is -1.75. The highest BCUT2D eigenvalue weighted by Crippen LogP contribution is 2.16. The van der Waals surface area contributed by atoms with Gasteiger partial charge in [0, 0.05) is 11.4 Å². The predicted octanol–water partition coefficient (Wildman–Crippen LogP) is 2.59. The Bertz CT molecular complexity index is 434. The van der Waals surface area contributed by atoms with Crippen molar-refractivity contribution in [3.8, 4) is 5.75 Å². The maximum absolute atomic E-state index is 10.4. The van der Waals surface area contributed by atoms with Crippen LogP contribution in [-0.4, -0.2) is 30.0 Å². The first kappa shape index (κ1) is 14.3. The molecule has 0 aliphatic rings. The van der Waals surface area contributed by atoms with Crippen LogP contribution >= 0.6 is 11.6 Å². The van der Waals surface area contributed by atoms with E-state index in [4.69, 9.17) is 26.3 Å². The van der Waals surface area contributed by atoms with Gasteiger partial charge in [-0.25, -0.2) is 4.79 Å². The van der Waals surface area contributed by atoms with Gasteiger partial charge in [0.1, 0.15) is 12.4 Å². The molecule has 1 rings (SSSR count). The Balaban J connectivity index is 2.16. The molecule has 0 aliphatic carbocycles. The first-order valence-corrected chi connectivity index (χ1v) is 5.75. The van der Waals surface area contributed by atoms with E-state index in [1.807, 2.05) is 0 Å². The van der Waals surface area contributed by atoms with Gasteiger partial charge >= 0.3 is 5.97 Å². The number of hydrogen-bond donors (Lipinski definition) is 1. The van der Waals surface area contributed by atoms with Crippen molar-refractivity contribution < 1.29 is 19.5 Å². The fourth-order valence-corrected chi connectivity index (χ4v) is 1.23. The lowest BCUT2D eigenvalue weighted by molar-refractivity contribution is -0.129. The number of carbonyl (C=O) groups is 1. The zero-order chi connectivity index (χ0) is 13.4. The summed E-state index contributed by atoms with van der Waals surface area (Å²) < 4.78 is 5.41. The number of nitrogens with zero attached hydrogens (tertiary/aromatic N) is 1. The average molecular weight is 272 g/mol. The number of halogens is 1. The molecule has 0 aromatic heterocycles. The quantitative estimate of drug-likeness (QED) is 0.470. The Labute approximate surface area is 110 Å². The van der Waals surface area contributed by atoms with Crippen molar-refractivity contribution in [3.63, 3.8) is 0 Å². The highest BCUT2D eigenvalue weighted by Gasteiger charge is 2.01. The zero-order valence-electron chi connectivity index (χ0n) is 9.93. The lowest BCUT2D eigenvalue weighted by Gasteiger charge is -2.05. The molecule has 0 aliphatic heterocycles. The van der Waals surface area contributed by atoms with Crippen LogP contribution < -0.4 is 4.74 Å². The van der Waals surface area contributed by atoms with Crippen LogP contribution in [-0.2, 0) is 9.63 Å². The molecular formula is C12H14ClNO4. The molecule has 0 radical (unpaired) electrons. The second-order valence-electron chi connectivity index (χ2n) is 3.47. The van der Waals surface area contributed by atoms with Crippen molar-refractivity contribution in [2.45, 2.75) is 13.3 Å². The molecule has 0 atom stereocenters. The molecule has 0 bridgehead atoms. The molecule has 0 saturated carbocycles.